The average Bonchev–Trinajstić information content (AvgIpc) is 2.53. The molecule has 6 heteroatoms. The third-order valence-electron chi connectivity index (χ3n) is 4.77. The summed E-state index contributed by atoms with van der Waals surface area (Å²) in [5, 5.41) is 0.248. The summed E-state index contributed by atoms with van der Waals surface area (Å²) in [6.45, 7) is 4.09. The number of hydrogen-bond donors (Lipinski definition) is 0. The molecule has 0 N–H and O–H groups in total. The van der Waals surface area contributed by atoms with E-state index in [1.807, 2.05) is 13.2 Å². The number of hydrogen-bond acceptors (Lipinski definition) is 4. The Morgan fingerprint density at radius 3 is 2.21 bits per heavy atom. The van der Waals surface area contributed by atoms with Crippen molar-refractivity contribution in [1.29, 1.82) is 0 Å². The van der Waals surface area contributed by atoms with Crippen molar-refractivity contribution < 1.29 is 16.8 Å². The van der Waals surface area contributed by atoms with Crippen molar-refractivity contribution in [1.82, 2.24) is 0 Å². The molecule has 0 aliphatic heterocycles. The first-order valence-electron chi connectivity index (χ1n) is 9.53. The molecule has 1 unspecified atom stereocenters. The van der Waals surface area contributed by atoms with Crippen LogP contribution in [0.1, 0.15) is 84.5 Å². The van der Waals surface area contributed by atoms with Gasteiger partial charge in [-0.2, -0.15) is 8.42 Å². The molecule has 4 nitrogen and oxygen atoms in total. The lowest BCUT2D eigenvalue weighted by molar-refractivity contribution is -0.116. The highest BCUT2D eigenvalue weighted by Crippen LogP contribution is 2.56. The molecule has 0 amide bonds. The van der Waals surface area contributed by atoms with Crippen LogP contribution in [0.4, 0.5) is 0 Å². The van der Waals surface area contributed by atoms with Crippen molar-refractivity contribution in [3.05, 3.63) is 0 Å². The summed E-state index contributed by atoms with van der Waals surface area (Å²) >= 11 is 0. The number of ketones is 1. The molecule has 1 rings (SSSR count). The fourth-order valence-electron chi connectivity index (χ4n) is 3.32. The first-order chi connectivity index (χ1) is 11.3. The molecule has 144 valence electrons. The van der Waals surface area contributed by atoms with Gasteiger partial charge >= 0.3 is 0 Å². The lowest BCUT2D eigenvalue weighted by Crippen LogP contribution is -2.30. The van der Waals surface area contributed by atoms with Crippen LogP contribution in [0.2, 0.25) is 0 Å². The maximum Gasteiger partial charge on any atom is 0.276 e. The Labute approximate surface area is 150 Å². The molecule has 0 saturated heterocycles. The van der Waals surface area contributed by atoms with Crippen molar-refractivity contribution in [2.75, 3.05) is 17.8 Å². The van der Waals surface area contributed by atoms with Gasteiger partial charge in [-0.25, -0.2) is 3.63 Å². The van der Waals surface area contributed by atoms with Gasteiger partial charge in [-0.15, -0.1) is 10.3 Å². The molecule has 0 aromatic rings. The number of Topliss-reactive ketones (excluding diaryl/α,β-unsaturated/α-hetero) is 1. The van der Waals surface area contributed by atoms with Gasteiger partial charge in [-0.1, -0.05) is 52.4 Å². The molecule has 1 aliphatic carbocycles. The summed E-state index contributed by atoms with van der Waals surface area (Å²) in [5.41, 5.74) is 0. The van der Waals surface area contributed by atoms with Crippen molar-refractivity contribution >= 4 is 26.2 Å². The lowest BCUT2D eigenvalue weighted by Gasteiger charge is -2.43. The zero-order valence-corrected chi connectivity index (χ0v) is 17.4. The van der Waals surface area contributed by atoms with E-state index in [0.29, 0.717) is 18.6 Å². The van der Waals surface area contributed by atoms with Gasteiger partial charge in [-0.05, 0) is 31.9 Å². The van der Waals surface area contributed by atoms with Crippen LogP contribution in [0.3, 0.4) is 0 Å². The van der Waals surface area contributed by atoms with Gasteiger partial charge in [0.15, 0.2) is 0 Å². The van der Waals surface area contributed by atoms with E-state index >= 15 is 0 Å². The van der Waals surface area contributed by atoms with Crippen LogP contribution in [0.15, 0.2) is 0 Å². The first kappa shape index (κ1) is 22.0. The highest BCUT2D eigenvalue weighted by Gasteiger charge is 2.37. The first-order valence-corrected chi connectivity index (χ1v) is 13.3. The maximum atomic E-state index is 12.4. The summed E-state index contributed by atoms with van der Waals surface area (Å²) in [5.74, 6) is 0.562. The predicted octanol–water partition coefficient (Wildman–Crippen LogP) is 4.96. The molecule has 1 aliphatic rings. The van der Waals surface area contributed by atoms with Gasteiger partial charge < -0.3 is 0 Å². The second kappa shape index (κ2) is 10.8. The Balaban J connectivity index is 2.80. The van der Waals surface area contributed by atoms with Gasteiger partial charge in [0, 0.05) is 11.7 Å². The fraction of sp³-hybridized carbons (Fsp3) is 0.944. The van der Waals surface area contributed by atoms with Crippen LogP contribution in [0.25, 0.3) is 0 Å². The largest absolute Gasteiger partial charge is 0.299 e. The van der Waals surface area contributed by atoms with Crippen LogP contribution in [-0.4, -0.2) is 37.2 Å². The number of carbonyl (C=O) groups is 1. The zero-order valence-electron chi connectivity index (χ0n) is 15.7. The van der Waals surface area contributed by atoms with Crippen molar-refractivity contribution in [2.24, 2.45) is 0 Å². The van der Waals surface area contributed by atoms with E-state index in [-0.39, 0.29) is 16.8 Å². The second-order valence-electron chi connectivity index (χ2n) is 7.16. The molecule has 0 aromatic carbocycles. The van der Waals surface area contributed by atoms with E-state index in [1.54, 1.807) is 0 Å². The molecule has 0 aromatic heterocycles. The van der Waals surface area contributed by atoms with Gasteiger partial charge in [-0.3, -0.25) is 4.79 Å². The molecule has 0 radical (unpaired) electrons. The third kappa shape index (κ3) is 7.87. The zero-order chi connectivity index (χ0) is 18.1. The molecule has 0 spiro atoms. The Kier molecular flexibility index (Phi) is 9.90. The Morgan fingerprint density at radius 2 is 1.62 bits per heavy atom. The van der Waals surface area contributed by atoms with Crippen molar-refractivity contribution in [3.8, 4) is 0 Å². The Morgan fingerprint density at radius 1 is 1.00 bits per heavy atom. The van der Waals surface area contributed by atoms with Gasteiger partial charge in [0.1, 0.15) is 5.78 Å². The minimum Gasteiger partial charge on any atom is -0.299 e. The van der Waals surface area contributed by atoms with E-state index in [4.69, 9.17) is 3.63 Å². The van der Waals surface area contributed by atoms with Gasteiger partial charge in [0.05, 0.1) is 11.5 Å². The summed E-state index contributed by atoms with van der Waals surface area (Å²) < 4.78 is 30.5. The predicted molar refractivity (Wildman–Crippen MR) is 104 cm³/mol. The molecule has 24 heavy (non-hydrogen) atoms. The van der Waals surface area contributed by atoms with E-state index in [2.05, 4.69) is 6.92 Å². The third-order valence-corrected chi connectivity index (χ3v) is 10.4. The Hall–Kier alpha value is -0.0700. The smallest absolute Gasteiger partial charge is 0.276 e. The SMILES string of the molecule is CCCCCC(=O)CS(C)(OS(=O)(=O)CCCC)C1CCCCC1. The van der Waals surface area contributed by atoms with Gasteiger partial charge in [0.25, 0.3) is 10.1 Å². The molecule has 1 atom stereocenters. The number of carbonyl (C=O) groups excluding carboxylic acids is 1. The second-order valence-corrected chi connectivity index (χ2v) is 12.3. The normalized spacial score (nSPS) is 20.5. The molecule has 1 fully saturated rings. The lowest BCUT2D eigenvalue weighted by atomic mass is 10.0. The monoisotopic (exact) mass is 380 g/mol. The average molecular weight is 381 g/mol. The molecule has 0 bridgehead atoms. The highest BCUT2D eigenvalue weighted by molar-refractivity contribution is 8.33. The minimum atomic E-state index is -3.54. The van der Waals surface area contributed by atoms with E-state index in [1.165, 1.54) is 6.42 Å². The number of unbranched alkanes of at least 4 members (excludes halogenated alkanes) is 3. The van der Waals surface area contributed by atoms with E-state index < -0.39 is 20.4 Å². The molecular weight excluding hydrogens is 344 g/mol. The maximum absolute atomic E-state index is 12.4. The van der Waals surface area contributed by atoms with Crippen LogP contribution < -0.4 is 0 Å². The summed E-state index contributed by atoms with van der Waals surface area (Å²) in [7, 11) is -5.44. The standard InChI is InChI=1S/C18H36O4S2/c1-4-6-9-12-17(19)16-23(3,18-13-10-8-11-14-18)22-24(20,21)15-7-5-2/h18H,4-16H2,1-3H3. The molecule has 1 saturated carbocycles. The number of rotatable bonds is 12. The van der Waals surface area contributed by atoms with Crippen molar-refractivity contribution in [2.45, 2.75) is 89.7 Å². The summed E-state index contributed by atoms with van der Waals surface area (Å²) in [6.07, 6.45) is 12.4. The van der Waals surface area contributed by atoms with Crippen LogP contribution in [0, 0.1) is 0 Å². The fourth-order valence-corrected chi connectivity index (χ4v) is 9.11. The summed E-state index contributed by atoms with van der Waals surface area (Å²) in [4.78, 5) is 12.4. The van der Waals surface area contributed by atoms with Crippen molar-refractivity contribution in [3.63, 3.8) is 0 Å². The minimum absolute atomic E-state index is 0.0723. The van der Waals surface area contributed by atoms with Gasteiger partial charge in [0.2, 0.25) is 0 Å². The highest BCUT2D eigenvalue weighted by atomic mass is 32.3. The molecule has 0 heterocycles. The van der Waals surface area contributed by atoms with E-state index in [0.717, 1.165) is 51.4 Å². The Bertz CT molecular complexity index is 469. The van der Waals surface area contributed by atoms with E-state index in [9.17, 15) is 13.2 Å². The van der Waals surface area contributed by atoms with Crippen LogP contribution >= 0.6 is 10.3 Å². The molecular formula is C18H36O4S2. The summed E-state index contributed by atoms with van der Waals surface area (Å²) in [6, 6.07) is 0. The van der Waals surface area contributed by atoms with Crippen LogP contribution in [-0.2, 0) is 18.5 Å². The van der Waals surface area contributed by atoms with Crippen LogP contribution in [0.5, 0.6) is 0 Å². The quantitative estimate of drug-likeness (QED) is 0.449. The topological polar surface area (TPSA) is 60.4 Å².